The second-order valence-corrected chi connectivity index (χ2v) is 6.88. The van der Waals surface area contributed by atoms with E-state index in [1.165, 1.54) is 0 Å². The minimum atomic E-state index is -0.565. The zero-order valence-corrected chi connectivity index (χ0v) is 14.7. The van der Waals surface area contributed by atoms with E-state index in [-0.39, 0.29) is 6.61 Å². The SMILES string of the molecule is Cc1c(OCC(=O)OC(C)(C)C)ccc2c1oc(=O)c1ccccc12. The predicted octanol–water partition coefficient (Wildman–Crippen LogP) is 3.98. The summed E-state index contributed by atoms with van der Waals surface area (Å²) in [4.78, 5) is 24.0. The Morgan fingerprint density at radius 2 is 1.72 bits per heavy atom. The minimum Gasteiger partial charge on any atom is -0.481 e. The van der Waals surface area contributed by atoms with Gasteiger partial charge in [-0.3, -0.25) is 0 Å². The molecule has 0 saturated carbocycles. The van der Waals surface area contributed by atoms with Crippen molar-refractivity contribution in [3.63, 3.8) is 0 Å². The molecule has 1 heterocycles. The molecule has 0 aliphatic rings. The van der Waals surface area contributed by atoms with Gasteiger partial charge in [0.05, 0.1) is 5.39 Å². The van der Waals surface area contributed by atoms with Crippen LogP contribution in [0.3, 0.4) is 0 Å². The quantitative estimate of drug-likeness (QED) is 0.410. The lowest BCUT2D eigenvalue weighted by molar-refractivity contribution is -0.157. The van der Waals surface area contributed by atoms with Crippen molar-refractivity contribution < 1.29 is 18.7 Å². The van der Waals surface area contributed by atoms with Crippen molar-refractivity contribution in [1.82, 2.24) is 0 Å². The van der Waals surface area contributed by atoms with Gasteiger partial charge in [0, 0.05) is 10.9 Å². The lowest BCUT2D eigenvalue weighted by Gasteiger charge is -2.19. The molecule has 0 aliphatic heterocycles. The summed E-state index contributed by atoms with van der Waals surface area (Å²) in [6, 6.07) is 10.9. The van der Waals surface area contributed by atoms with Crippen LogP contribution in [0.5, 0.6) is 5.75 Å². The molecule has 3 rings (SSSR count). The number of aryl methyl sites for hydroxylation is 1. The van der Waals surface area contributed by atoms with Gasteiger partial charge in [0.1, 0.15) is 16.9 Å². The fraction of sp³-hybridized carbons (Fsp3) is 0.300. The summed E-state index contributed by atoms with van der Waals surface area (Å²) in [7, 11) is 0. The zero-order chi connectivity index (χ0) is 18.2. The molecule has 0 aliphatic carbocycles. The van der Waals surface area contributed by atoms with E-state index in [4.69, 9.17) is 13.9 Å². The normalized spacial score (nSPS) is 11.7. The molecule has 0 fully saturated rings. The van der Waals surface area contributed by atoms with Crippen LogP contribution in [-0.4, -0.2) is 18.2 Å². The standard InChI is InChI=1S/C20H20O5/c1-12-16(23-11-17(21)25-20(2,3)4)10-9-14-13-7-5-6-8-15(13)19(22)24-18(12)14/h5-10H,11H2,1-4H3. The van der Waals surface area contributed by atoms with Crippen LogP contribution < -0.4 is 10.4 Å². The van der Waals surface area contributed by atoms with Crippen molar-refractivity contribution in [3.05, 3.63) is 52.4 Å². The van der Waals surface area contributed by atoms with E-state index >= 15 is 0 Å². The van der Waals surface area contributed by atoms with Gasteiger partial charge in [0.25, 0.3) is 0 Å². The van der Waals surface area contributed by atoms with Crippen molar-refractivity contribution in [3.8, 4) is 5.75 Å². The number of hydrogen-bond donors (Lipinski definition) is 0. The first-order chi connectivity index (χ1) is 11.8. The molecule has 0 amide bonds. The monoisotopic (exact) mass is 340 g/mol. The Morgan fingerprint density at radius 1 is 1.04 bits per heavy atom. The van der Waals surface area contributed by atoms with Gasteiger partial charge in [0.2, 0.25) is 0 Å². The largest absolute Gasteiger partial charge is 0.481 e. The van der Waals surface area contributed by atoms with Gasteiger partial charge in [-0.05, 0) is 51.3 Å². The zero-order valence-electron chi connectivity index (χ0n) is 14.7. The van der Waals surface area contributed by atoms with Crippen LogP contribution in [0.2, 0.25) is 0 Å². The summed E-state index contributed by atoms with van der Waals surface area (Å²) in [5, 5.41) is 2.20. The topological polar surface area (TPSA) is 65.7 Å². The van der Waals surface area contributed by atoms with Crippen LogP contribution in [0.25, 0.3) is 21.7 Å². The van der Waals surface area contributed by atoms with Gasteiger partial charge >= 0.3 is 11.6 Å². The highest BCUT2D eigenvalue weighted by molar-refractivity contribution is 6.05. The first kappa shape index (κ1) is 17.0. The van der Waals surface area contributed by atoms with E-state index in [9.17, 15) is 9.59 Å². The van der Waals surface area contributed by atoms with Crippen molar-refractivity contribution in [2.75, 3.05) is 6.61 Å². The van der Waals surface area contributed by atoms with Gasteiger partial charge in [0.15, 0.2) is 6.61 Å². The number of carbonyl (C=O) groups is 1. The molecule has 0 unspecified atom stereocenters. The molecule has 2 aromatic carbocycles. The van der Waals surface area contributed by atoms with Crippen LogP contribution in [0, 0.1) is 6.92 Å². The third-order valence-corrected chi connectivity index (χ3v) is 3.75. The number of carbonyl (C=O) groups excluding carboxylic acids is 1. The number of ether oxygens (including phenoxy) is 2. The lowest BCUT2D eigenvalue weighted by atomic mass is 10.0. The summed E-state index contributed by atoms with van der Waals surface area (Å²) in [5.74, 6) is 0.0313. The molecule has 25 heavy (non-hydrogen) atoms. The number of fused-ring (bicyclic) bond motifs is 3. The van der Waals surface area contributed by atoms with Crippen LogP contribution in [-0.2, 0) is 9.53 Å². The average Bonchev–Trinajstić information content (AvgIpc) is 2.54. The van der Waals surface area contributed by atoms with E-state index in [0.717, 1.165) is 10.8 Å². The minimum absolute atomic E-state index is 0.207. The fourth-order valence-corrected chi connectivity index (χ4v) is 2.72. The Labute approximate surface area is 145 Å². The summed E-state index contributed by atoms with van der Waals surface area (Å²) in [5.41, 5.74) is 0.176. The summed E-state index contributed by atoms with van der Waals surface area (Å²) in [6.45, 7) is 6.98. The third kappa shape index (κ3) is 3.50. The van der Waals surface area contributed by atoms with Crippen molar-refractivity contribution in [2.24, 2.45) is 0 Å². The van der Waals surface area contributed by atoms with Crippen LogP contribution in [0.15, 0.2) is 45.6 Å². The van der Waals surface area contributed by atoms with E-state index in [2.05, 4.69) is 0 Å². The first-order valence-electron chi connectivity index (χ1n) is 8.06. The number of esters is 1. The van der Waals surface area contributed by atoms with E-state index in [1.807, 2.05) is 18.2 Å². The van der Waals surface area contributed by atoms with E-state index in [1.54, 1.807) is 45.9 Å². The lowest BCUT2D eigenvalue weighted by Crippen LogP contribution is -2.27. The second kappa shape index (κ2) is 6.24. The van der Waals surface area contributed by atoms with Crippen LogP contribution >= 0.6 is 0 Å². The predicted molar refractivity (Wildman–Crippen MR) is 96.1 cm³/mol. The molecule has 0 radical (unpaired) electrons. The Hall–Kier alpha value is -2.82. The van der Waals surface area contributed by atoms with Crippen LogP contribution in [0.4, 0.5) is 0 Å². The molecule has 0 N–H and O–H groups in total. The molecule has 5 nitrogen and oxygen atoms in total. The third-order valence-electron chi connectivity index (χ3n) is 3.75. The Bertz CT molecular complexity index is 1010. The number of benzene rings is 2. The van der Waals surface area contributed by atoms with Gasteiger partial charge in [-0.2, -0.15) is 0 Å². The van der Waals surface area contributed by atoms with Gasteiger partial charge in [-0.25, -0.2) is 9.59 Å². The maximum atomic E-state index is 12.2. The molecule has 5 heteroatoms. The summed E-state index contributed by atoms with van der Waals surface area (Å²) in [6.07, 6.45) is 0. The fourth-order valence-electron chi connectivity index (χ4n) is 2.72. The molecule has 0 spiro atoms. The second-order valence-electron chi connectivity index (χ2n) is 6.88. The molecular formula is C20H20O5. The molecule has 1 aromatic heterocycles. The molecule has 130 valence electrons. The number of rotatable bonds is 3. The summed E-state index contributed by atoms with van der Waals surface area (Å²) < 4.78 is 16.3. The first-order valence-corrected chi connectivity index (χ1v) is 8.06. The maximum absolute atomic E-state index is 12.2. The van der Waals surface area contributed by atoms with Crippen molar-refractivity contribution >= 4 is 27.7 Å². The highest BCUT2D eigenvalue weighted by Crippen LogP contribution is 2.30. The molecule has 3 aromatic rings. The van der Waals surface area contributed by atoms with Crippen LogP contribution in [0.1, 0.15) is 26.3 Å². The Kier molecular flexibility index (Phi) is 4.25. The van der Waals surface area contributed by atoms with E-state index in [0.29, 0.717) is 22.3 Å². The average molecular weight is 340 g/mol. The maximum Gasteiger partial charge on any atom is 0.344 e. The molecular weight excluding hydrogens is 320 g/mol. The number of hydrogen-bond acceptors (Lipinski definition) is 5. The highest BCUT2D eigenvalue weighted by atomic mass is 16.6. The Balaban J connectivity index is 1.97. The van der Waals surface area contributed by atoms with Gasteiger partial charge in [-0.1, -0.05) is 18.2 Å². The van der Waals surface area contributed by atoms with Crippen molar-refractivity contribution in [2.45, 2.75) is 33.3 Å². The highest BCUT2D eigenvalue weighted by Gasteiger charge is 2.18. The Morgan fingerprint density at radius 3 is 2.40 bits per heavy atom. The smallest absolute Gasteiger partial charge is 0.344 e. The van der Waals surface area contributed by atoms with Gasteiger partial charge < -0.3 is 13.9 Å². The van der Waals surface area contributed by atoms with E-state index < -0.39 is 17.2 Å². The molecule has 0 bridgehead atoms. The summed E-state index contributed by atoms with van der Waals surface area (Å²) >= 11 is 0. The molecule has 0 atom stereocenters. The molecule has 0 saturated heterocycles. The van der Waals surface area contributed by atoms with Crippen molar-refractivity contribution in [1.29, 1.82) is 0 Å². The van der Waals surface area contributed by atoms with Gasteiger partial charge in [-0.15, -0.1) is 0 Å².